The molecule has 0 spiro atoms. The van der Waals surface area contributed by atoms with Crippen molar-refractivity contribution in [2.24, 2.45) is 0 Å². The average Bonchev–Trinajstić information content (AvgIpc) is 2.19. The maximum absolute atomic E-state index is 3.53. The molecule has 2 heteroatoms. The zero-order chi connectivity index (χ0) is 9.73. The molecule has 0 saturated carbocycles. The first-order chi connectivity index (χ1) is 6.23. The second-order valence-electron chi connectivity index (χ2n) is 3.70. The normalized spacial score (nSPS) is 15.3. The van der Waals surface area contributed by atoms with E-state index in [1.54, 1.807) is 0 Å². The second-order valence-corrected chi connectivity index (χ2v) is 7.94. The lowest BCUT2D eigenvalue weighted by atomic mass is 10.4. The summed E-state index contributed by atoms with van der Waals surface area (Å²) < 4.78 is 0. The summed E-state index contributed by atoms with van der Waals surface area (Å²) in [7, 11) is 0.743. The lowest BCUT2D eigenvalue weighted by Gasteiger charge is -2.26. The molecule has 1 rings (SSSR count). The number of nitrogens with one attached hydrogen (secondary N) is 1. The summed E-state index contributed by atoms with van der Waals surface area (Å²) in [5, 5.41) is 1.51. The zero-order valence-corrected chi connectivity index (χ0v) is 9.80. The molecule has 1 aromatic rings. The maximum atomic E-state index is 3.53. The van der Waals surface area contributed by atoms with E-state index in [1.165, 1.54) is 17.7 Å². The largest absolute Gasteiger partial charge is 0.337 e. The Hall–Kier alpha value is -0.603. The van der Waals surface area contributed by atoms with Crippen molar-refractivity contribution < 1.29 is 0 Å². The Labute approximate surface area is 82.3 Å². The molecule has 1 aromatic carbocycles. The Kier molecular flexibility index (Phi) is 3.69. The Balaban J connectivity index is 2.89. The highest BCUT2D eigenvalue weighted by Crippen LogP contribution is 2.08. The monoisotopic (exact) mass is 193 g/mol. The number of hydrogen-bond acceptors (Lipinski definition) is 1. The molecule has 13 heavy (non-hydrogen) atoms. The molecule has 0 saturated heterocycles. The van der Waals surface area contributed by atoms with Crippen molar-refractivity contribution in [2.75, 3.05) is 7.05 Å². The summed E-state index contributed by atoms with van der Waals surface area (Å²) in [6, 6.07) is 12.2. The van der Waals surface area contributed by atoms with E-state index >= 15 is 0 Å². The predicted molar refractivity (Wildman–Crippen MR) is 61.9 cm³/mol. The van der Waals surface area contributed by atoms with Crippen molar-refractivity contribution in [3.05, 3.63) is 30.3 Å². The van der Waals surface area contributed by atoms with Crippen molar-refractivity contribution >= 4 is 13.4 Å². The highest BCUT2D eigenvalue weighted by Gasteiger charge is 2.25. The first kappa shape index (κ1) is 10.5. The van der Waals surface area contributed by atoms with Crippen molar-refractivity contribution in [2.45, 2.75) is 25.9 Å². The van der Waals surface area contributed by atoms with Crippen molar-refractivity contribution in [1.82, 2.24) is 4.98 Å². The zero-order valence-electron chi connectivity index (χ0n) is 8.80. The molecule has 1 N–H and O–H groups in total. The summed E-state index contributed by atoms with van der Waals surface area (Å²) in [4.78, 5) is 3.53. The van der Waals surface area contributed by atoms with Gasteiger partial charge in [-0.25, -0.2) is 0 Å². The molecule has 0 aliphatic heterocycles. The Morgan fingerprint density at radius 2 is 1.85 bits per heavy atom. The van der Waals surface area contributed by atoms with Gasteiger partial charge in [-0.3, -0.25) is 0 Å². The molecule has 1 unspecified atom stereocenters. The molecule has 0 bridgehead atoms. The van der Waals surface area contributed by atoms with E-state index in [1.807, 2.05) is 0 Å². The minimum absolute atomic E-state index is 1.26. The Morgan fingerprint density at radius 1 is 1.23 bits per heavy atom. The third-order valence-electron chi connectivity index (χ3n) is 2.71. The van der Waals surface area contributed by atoms with E-state index in [2.05, 4.69) is 55.8 Å². The molecule has 0 radical (unpaired) electrons. The molecule has 0 aliphatic carbocycles. The Morgan fingerprint density at radius 3 is 2.31 bits per heavy atom. The van der Waals surface area contributed by atoms with Crippen LogP contribution in [0.4, 0.5) is 0 Å². The quantitative estimate of drug-likeness (QED) is 0.722. The summed E-state index contributed by atoms with van der Waals surface area (Å²) in [6.45, 7) is 4.65. The minimum atomic E-state index is -1.35. The molecular formula is C11H19NSi. The fourth-order valence-corrected chi connectivity index (χ4v) is 4.48. The summed E-state index contributed by atoms with van der Waals surface area (Å²) in [5.41, 5.74) is 0. The SMILES string of the molecule is CCC[Si](C)(NC)c1ccccc1. The second kappa shape index (κ2) is 4.58. The van der Waals surface area contributed by atoms with Crippen LogP contribution in [0.5, 0.6) is 0 Å². The van der Waals surface area contributed by atoms with Crippen LogP contribution in [0.3, 0.4) is 0 Å². The van der Waals surface area contributed by atoms with Crippen molar-refractivity contribution in [3.8, 4) is 0 Å². The van der Waals surface area contributed by atoms with Crippen LogP contribution in [-0.2, 0) is 0 Å². The van der Waals surface area contributed by atoms with E-state index in [-0.39, 0.29) is 0 Å². The lowest BCUT2D eigenvalue weighted by Crippen LogP contribution is -2.56. The van der Waals surface area contributed by atoms with E-state index in [4.69, 9.17) is 0 Å². The van der Waals surface area contributed by atoms with E-state index in [0.717, 1.165) is 0 Å². The van der Waals surface area contributed by atoms with Crippen molar-refractivity contribution in [1.29, 1.82) is 0 Å². The standard InChI is InChI=1S/C11H19NSi/c1-4-10-13(3,12-2)11-8-6-5-7-9-11/h5-9,12H,4,10H2,1-3H3. The van der Waals surface area contributed by atoms with Crippen LogP contribution in [-0.4, -0.2) is 15.3 Å². The molecule has 1 nitrogen and oxygen atoms in total. The van der Waals surface area contributed by atoms with E-state index in [0.29, 0.717) is 0 Å². The summed E-state index contributed by atoms with van der Waals surface area (Å²) >= 11 is 0. The van der Waals surface area contributed by atoms with Crippen LogP contribution >= 0.6 is 0 Å². The smallest absolute Gasteiger partial charge is 0.154 e. The van der Waals surface area contributed by atoms with Gasteiger partial charge in [-0.05, 0) is 18.3 Å². The maximum Gasteiger partial charge on any atom is 0.154 e. The first-order valence-corrected chi connectivity index (χ1v) is 7.68. The molecule has 0 fully saturated rings. The Bertz CT molecular complexity index is 248. The van der Waals surface area contributed by atoms with E-state index < -0.39 is 8.24 Å². The van der Waals surface area contributed by atoms with Gasteiger partial charge in [0.15, 0.2) is 8.24 Å². The number of rotatable bonds is 4. The van der Waals surface area contributed by atoms with E-state index in [9.17, 15) is 0 Å². The minimum Gasteiger partial charge on any atom is -0.337 e. The molecular weight excluding hydrogens is 174 g/mol. The first-order valence-electron chi connectivity index (χ1n) is 4.97. The van der Waals surface area contributed by atoms with Gasteiger partial charge in [-0.2, -0.15) is 0 Å². The molecule has 72 valence electrons. The molecule has 1 atom stereocenters. The predicted octanol–water partition coefficient (Wildman–Crippen LogP) is 2.10. The van der Waals surface area contributed by atoms with Crippen LogP contribution < -0.4 is 10.2 Å². The molecule has 0 amide bonds. The summed E-state index contributed by atoms with van der Waals surface area (Å²) in [5.74, 6) is 0. The van der Waals surface area contributed by atoms with Crippen LogP contribution in [0.1, 0.15) is 13.3 Å². The van der Waals surface area contributed by atoms with Crippen molar-refractivity contribution in [3.63, 3.8) is 0 Å². The van der Waals surface area contributed by atoms with Gasteiger partial charge in [-0.1, -0.05) is 50.2 Å². The van der Waals surface area contributed by atoms with Gasteiger partial charge in [-0.15, -0.1) is 0 Å². The van der Waals surface area contributed by atoms with Crippen LogP contribution in [0, 0.1) is 0 Å². The highest BCUT2D eigenvalue weighted by molar-refractivity contribution is 6.88. The third-order valence-corrected chi connectivity index (χ3v) is 6.92. The lowest BCUT2D eigenvalue weighted by molar-refractivity contribution is 1.01. The topological polar surface area (TPSA) is 12.0 Å². The van der Waals surface area contributed by atoms with Gasteiger partial charge in [0, 0.05) is 0 Å². The van der Waals surface area contributed by atoms with Gasteiger partial charge in [0.1, 0.15) is 0 Å². The molecule has 0 heterocycles. The van der Waals surface area contributed by atoms with Crippen LogP contribution in [0.15, 0.2) is 30.3 Å². The van der Waals surface area contributed by atoms with Crippen LogP contribution in [0.25, 0.3) is 0 Å². The fraction of sp³-hybridized carbons (Fsp3) is 0.455. The highest BCUT2D eigenvalue weighted by atomic mass is 28.3. The van der Waals surface area contributed by atoms with Gasteiger partial charge < -0.3 is 4.98 Å². The molecule has 0 aliphatic rings. The van der Waals surface area contributed by atoms with Gasteiger partial charge >= 0.3 is 0 Å². The summed E-state index contributed by atoms with van der Waals surface area (Å²) in [6.07, 6.45) is 1.26. The average molecular weight is 193 g/mol. The third kappa shape index (κ3) is 2.42. The van der Waals surface area contributed by atoms with Gasteiger partial charge in [0.2, 0.25) is 0 Å². The van der Waals surface area contributed by atoms with Crippen LogP contribution in [0.2, 0.25) is 12.6 Å². The van der Waals surface area contributed by atoms with Gasteiger partial charge in [0.25, 0.3) is 0 Å². The number of benzene rings is 1. The fourth-order valence-electron chi connectivity index (χ4n) is 1.72. The van der Waals surface area contributed by atoms with Gasteiger partial charge in [0.05, 0.1) is 0 Å². The number of hydrogen-bond donors (Lipinski definition) is 1. The molecule has 0 aromatic heterocycles.